The predicted octanol–water partition coefficient (Wildman–Crippen LogP) is 3.36. The van der Waals surface area contributed by atoms with Gasteiger partial charge in [0.05, 0.1) is 10.7 Å². The van der Waals surface area contributed by atoms with Crippen molar-refractivity contribution in [2.45, 2.75) is 11.4 Å². The minimum absolute atomic E-state index is 0.134. The average Bonchev–Trinajstić information content (AvgIpc) is 2.40. The summed E-state index contributed by atoms with van der Waals surface area (Å²) in [5.41, 5.74) is 6.70. The number of sulfonamides is 1. The molecule has 0 spiro atoms. The Morgan fingerprint density at radius 3 is 2.50 bits per heavy atom. The molecule has 0 atom stereocenters. The third kappa shape index (κ3) is 3.32. The van der Waals surface area contributed by atoms with E-state index in [2.05, 4.69) is 20.7 Å². The number of hydrogen-bond acceptors (Lipinski definition) is 3. The summed E-state index contributed by atoms with van der Waals surface area (Å²) in [5.74, 6) is 0. The lowest BCUT2D eigenvalue weighted by Gasteiger charge is -2.11. The average molecular weight is 376 g/mol. The molecule has 0 amide bonds. The summed E-state index contributed by atoms with van der Waals surface area (Å²) < 4.78 is 27.6. The SMILES string of the molecule is NCc1ccc(S(=O)(=O)Nc2ccccc2Cl)c(Br)c1. The van der Waals surface area contributed by atoms with E-state index in [-0.39, 0.29) is 4.90 Å². The van der Waals surface area contributed by atoms with Crippen molar-refractivity contribution >= 4 is 43.2 Å². The van der Waals surface area contributed by atoms with Gasteiger partial charge < -0.3 is 5.73 Å². The van der Waals surface area contributed by atoms with E-state index in [1.807, 2.05) is 0 Å². The summed E-state index contributed by atoms with van der Waals surface area (Å²) in [5, 5.41) is 0.339. The molecule has 0 saturated heterocycles. The zero-order chi connectivity index (χ0) is 14.8. The number of benzene rings is 2. The normalized spacial score (nSPS) is 11.3. The van der Waals surface area contributed by atoms with Crippen molar-refractivity contribution < 1.29 is 8.42 Å². The molecule has 0 aromatic heterocycles. The van der Waals surface area contributed by atoms with E-state index in [0.29, 0.717) is 21.7 Å². The highest BCUT2D eigenvalue weighted by molar-refractivity contribution is 9.10. The lowest BCUT2D eigenvalue weighted by Crippen LogP contribution is -2.14. The summed E-state index contributed by atoms with van der Waals surface area (Å²) in [4.78, 5) is 0.134. The molecule has 0 unspecified atom stereocenters. The second-order valence-electron chi connectivity index (χ2n) is 4.05. The number of nitrogens with two attached hydrogens (primary N) is 1. The molecule has 7 heteroatoms. The number of rotatable bonds is 4. The summed E-state index contributed by atoms with van der Waals surface area (Å²) in [6.45, 7) is 0.344. The summed E-state index contributed by atoms with van der Waals surface area (Å²) in [6.07, 6.45) is 0. The minimum atomic E-state index is -3.71. The molecule has 0 aliphatic carbocycles. The molecule has 3 N–H and O–H groups in total. The maximum Gasteiger partial charge on any atom is 0.263 e. The Balaban J connectivity index is 2.39. The molecule has 0 radical (unpaired) electrons. The fourth-order valence-corrected chi connectivity index (χ4v) is 4.08. The van der Waals surface area contributed by atoms with Crippen molar-refractivity contribution in [3.63, 3.8) is 0 Å². The predicted molar refractivity (Wildman–Crippen MR) is 84.3 cm³/mol. The van der Waals surface area contributed by atoms with Crippen molar-refractivity contribution in [1.82, 2.24) is 0 Å². The fraction of sp³-hybridized carbons (Fsp3) is 0.0769. The maximum atomic E-state index is 12.3. The monoisotopic (exact) mass is 374 g/mol. The zero-order valence-electron chi connectivity index (χ0n) is 10.3. The highest BCUT2D eigenvalue weighted by Gasteiger charge is 2.18. The Morgan fingerprint density at radius 1 is 1.20 bits per heavy atom. The van der Waals surface area contributed by atoms with Crippen molar-refractivity contribution in [3.8, 4) is 0 Å². The van der Waals surface area contributed by atoms with Gasteiger partial charge in [0, 0.05) is 11.0 Å². The molecule has 0 saturated carbocycles. The van der Waals surface area contributed by atoms with Crippen molar-refractivity contribution in [2.24, 2.45) is 5.73 Å². The van der Waals surface area contributed by atoms with Crippen LogP contribution in [0, 0.1) is 0 Å². The number of halogens is 2. The molecule has 0 bridgehead atoms. The first-order valence-corrected chi connectivity index (χ1v) is 8.35. The van der Waals surface area contributed by atoms with Crippen LogP contribution < -0.4 is 10.5 Å². The van der Waals surface area contributed by atoms with Crippen LogP contribution in [-0.4, -0.2) is 8.42 Å². The highest BCUT2D eigenvalue weighted by Crippen LogP contribution is 2.28. The Labute approximate surface area is 131 Å². The van der Waals surface area contributed by atoms with E-state index in [1.54, 1.807) is 36.4 Å². The molecule has 4 nitrogen and oxygen atoms in total. The standard InChI is InChI=1S/C13H12BrClN2O2S/c14-10-7-9(8-16)5-6-13(10)20(18,19)17-12-4-2-1-3-11(12)15/h1-7,17H,8,16H2. The van der Waals surface area contributed by atoms with E-state index in [0.717, 1.165) is 5.56 Å². The van der Waals surface area contributed by atoms with Gasteiger partial charge in [0.15, 0.2) is 0 Å². The molecule has 0 aliphatic rings. The van der Waals surface area contributed by atoms with Gasteiger partial charge in [-0.3, -0.25) is 4.72 Å². The van der Waals surface area contributed by atoms with Gasteiger partial charge in [-0.15, -0.1) is 0 Å². The Hall–Kier alpha value is -1.08. The second kappa shape index (κ2) is 6.13. The molecule has 106 valence electrons. The van der Waals surface area contributed by atoms with E-state index in [9.17, 15) is 8.42 Å². The molecule has 0 aliphatic heterocycles. The minimum Gasteiger partial charge on any atom is -0.326 e. The van der Waals surface area contributed by atoms with Crippen LogP contribution in [0.15, 0.2) is 51.8 Å². The molecule has 0 fully saturated rings. The summed E-state index contributed by atoms with van der Waals surface area (Å²) in [7, 11) is -3.71. The van der Waals surface area contributed by atoms with Gasteiger partial charge in [-0.25, -0.2) is 8.42 Å². The smallest absolute Gasteiger partial charge is 0.263 e. The van der Waals surface area contributed by atoms with Gasteiger partial charge in [-0.2, -0.15) is 0 Å². The van der Waals surface area contributed by atoms with Gasteiger partial charge in [-0.05, 0) is 45.8 Å². The molecule has 2 aromatic carbocycles. The summed E-state index contributed by atoms with van der Waals surface area (Å²) >= 11 is 9.20. The van der Waals surface area contributed by atoms with Crippen LogP contribution in [0.3, 0.4) is 0 Å². The molecule has 20 heavy (non-hydrogen) atoms. The quantitative estimate of drug-likeness (QED) is 0.860. The fourth-order valence-electron chi connectivity index (χ4n) is 1.63. The maximum absolute atomic E-state index is 12.3. The van der Waals surface area contributed by atoms with Crippen molar-refractivity contribution in [2.75, 3.05) is 4.72 Å². The van der Waals surface area contributed by atoms with E-state index < -0.39 is 10.0 Å². The highest BCUT2D eigenvalue weighted by atomic mass is 79.9. The lowest BCUT2D eigenvalue weighted by molar-refractivity contribution is 0.600. The Bertz CT molecular complexity index is 735. The number of nitrogens with one attached hydrogen (secondary N) is 1. The van der Waals surface area contributed by atoms with Crippen LogP contribution in [0.4, 0.5) is 5.69 Å². The van der Waals surface area contributed by atoms with Gasteiger partial charge in [-0.1, -0.05) is 29.8 Å². The van der Waals surface area contributed by atoms with Gasteiger partial charge in [0.2, 0.25) is 0 Å². The first-order valence-electron chi connectivity index (χ1n) is 5.70. The van der Waals surface area contributed by atoms with Crippen LogP contribution in [0.25, 0.3) is 0 Å². The van der Waals surface area contributed by atoms with Crippen molar-refractivity contribution in [3.05, 3.63) is 57.5 Å². The molecule has 2 rings (SSSR count). The largest absolute Gasteiger partial charge is 0.326 e. The third-order valence-electron chi connectivity index (χ3n) is 2.64. The molecular formula is C13H12BrClN2O2S. The first kappa shape index (κ1) is 15.3. The van der Waals surface area contributed by atoms with Gasteiger partial charge in [0.25, 0.3) is 10.0 Å². The second-order valence-corrected chi connectivity index (χ2v) is 6.97. The molecule has 2 aromatic rings. The topological polar surface area (TPSA) is 72.2 Å². The van der Waals surface area contributed by atoms with Gasteiger partial charge in [0.1, 0.15) is 4.90 Å². The molecule has 0 heterocycles. The number of hydrogen-bond donors (Lipinski definition) is 2. The van der Waals surface area contributed by atoms with Crippen LogP contribution >= 0.6 is 27.5 Å². The number of anilines is 1. The first-order chi connectivity index (χ1) is 9.44. The van der Waals surface area contributed by atoms with Crippen LogP contribution in [0.2, 0.25) is 5.02 Å². The van der Waals surface area contributed by atoms with E-state index in [1.165, 1.54) is 6.07 Å². The zero-order valence-corrected chi connectivity index (χ0v) is 13.5. The van der Waals surface area contributed by atoms with E-state index >= 15 is 0 Å². The van der Waals surface area contributed by atoms with Crippen LogP contribution in [-0.2, 0) is 16.6 Å². The summed E-state index contributed by atoms with van der Waals surface area (Å²) in [6, 6.07) is 11.5. The molecular weight excluding hydrogens is 364 g/mol. The van der Waals surface area contributed by atoms with E-state index in [4.69, 9.17) is 17.3 Å². The number of para-hydroxylation sites is 1. The Morgan fingerprint density at radius 2 is 1.90 bits per heavy atom. The third-order valence-corrected chi connectivity index (χ3v) is 5.31. The lowest BCUT2D eigenvalue weighted by atomic mass is 10.2. The van der Waals surface area contributed by atoms with Crippen LogP contribution in [0.1, 0.15) is 5.56 Å². The van der Waals surface area contributed by atoms with Gasteiger partial charge >= 0.3 is 0 Å². The Kier molecular flexibility index (Phi) is 4.70. The van der Waals surface area contributed by atoms with Crippen molar-refractivity contribution in [1.29, 1.82) is 0 Å². The van der Waals surface area contributed by atoms with Crippen LogP contribution in [0.5, 0.6) is 0 Å².